The zero-order chi connectivity index (χ0) is 14.3. The fraction of sp³-hybridized carbons (Fsp3) is 0.267. The summed E-state index contributed by atoms with van der Waals surface area (Å²) in [4.78, 5) is 17.8. The number of β-amino-alcohol motifs (C(OH)–C–C–N with tert-alkyl or cyclic N) is 1. The summed E-state index contributed by atoms with van der Waals surface area (Å²) < 4.78 is 0. The van der Waals surface area contributed by atoms with Crippen molar-refractivity contribution in [3.05, 3.63) is 48.5 Å². The maximum absolute atomic E-state index is 10.9. The molecular weight excluding hydrogens is 266 g/mol. The predicted octanol–water partition coefficient (Wildman–Crippen LogP) is 1.45. The van der Waals surface area contributed by atoms with Crippen LogP contribution in [-0.2, 0) is 5.60 Å². The van der Waals surface area contributed by atoms with Crippen LogP contribution in [0.25, 0.3) is 11.2 Å². The lowest BCUT2D eigenvalue weighted by Gasteiger charge is -2.24. The first-order valence-electron chi connectivity index (χ1n) is 6.93. The zero-order valence-corrected chi connectivity index (χ0v) is 11.4. The highest BCUT2D eigenvalue weighted by Gasteiger charge is 2.38. The number of H-pyrrole nitrogens is 1. The Morgan fingerprint density at radius 2 is 2.00 bits per heavy atom. The number of aromatic nitrogens is 4. The van der Waals surface area contributed by atoms with Crippen molar-refractivity contribution >= 4 is 17.0 Å². The largest absolute Gasteiger partial charge is 0.383 e. The van der Waals surface area contributed by atoms with E-state index < -0.39 is 5.60 Å². The molecule has 0 spiro atoms. The van der Waals surface area contributed by atoms with E-state index in [1.165, 1.54) is 6.33 Å². The number of rotatable bonds is 2. The molecule has 2 N–H and O–H groups in total. The Balaban J connectivity index is 1.69. The standard InChI is InChI=1S/C15H15N5O/c21-15(11-4-2-1-3-5-11)6-7-20(8-15)14-12-13(17-9-16-12)18-10-19-14/h1-5,9-10,21H,6-8H2,(H,16,17,18,19). The van der Waals surface area contributed by atoms with E-state index >= 15 is 0 Å². The van der Waals surface area contributed by atoms with Crippen LogP contribution in [0, 0.1) is 0 Å². The Labute approximate surface area is 121 Å². The molecule has 0 bridgehead atoms. The van der Waals surface area contributed by atoms with Gasteiger partial charge < -0.3 is 15.0 Å². The van der Waals surface area contributed by atoms with Crippen LogP contribution in [0.5, 0.6) is 0 Å². The van der Waals surface area contributed by atoms with Crippen molar-refractivity contribution in [3.63, 3.8) is 0 Å². The summed E-state index contributed by atoms with van der Waals surface area (Å²) in [5.74, 6) is 0.796. The van der Waals surface area contributed by atoms with Crippen LogP contribution < -0.4 is 4.90 Å². The molecule has 4 rings (SSSR count). The van der Waals surface area contributed by atoms with Gasteiger partial charge in [0.25, 0.3) is 0 Å². The number of anilines is 1. The maximum Gasteiger partial charge on any atom is 0.182 e. The molecule has 3 aromatic rings. The van der Waals surface area contributed by atoms with Gasteiger partial charge in [-0.3, -0.25) is 0 Å². The van der Waals surface area contributed by atoms with Crippen LogP contribution in [0.2, 0.25) is 0 Å². The minimum absolute atomic E-state index is 0.516. The van der Waals surface area contributed by atoms with Gasteiger partial charge in [-0.05, 0) is 12.0 Å². The van der Waals surface area contributed by atoms with E-state index in [1.54, 1.807) is 6.33 Å². The van der Waals surface area contributed by atoms with E-state index in [0.29, 0.717) is 18.6 Å². The lowest BCUT2D eigenvalue weighted by molar-refractivity contribution is 0.0606. The lowest BCUT2D eigenvalue weighted by atomic mass is 9.93. The summed E-state index contributed by atoms with van der Waals surface area (Å²) in [5, 5.41) is 10.9. The molecule has 1 fully saturated rings. The first kappa shape index (κ1) is 12.3. The molecule has 3 heterocycles. The molecule has 0 saturated carbocycles. The van der Waals surface area contributed by atoms with Crippen LogP contribution in [0.1, 0.15) is 12.0 Å². The second kappa shape index (κ2) is 4.53. The average molecular weight is 281 g/mol. The van der Waals surface area contributed by atoms with Gasteiger partial charge in [-0.2, -0.15) is 0 Å². The van der Waals surface area contributed by atoms with Gasteiger partial charge in [0.05, 0.1) is 12.9 Å². The Kier molecular flexibility index (Phi) is 2.65. The van der Waals surface area contributed by atoms with Crippen LogP contribution in [-0.4, -0.2) is 38.1 Å². The molecule has 1 aliphatic rings. The van der Waals surface area contributed by atoms with E-state index in [0.717, 1.165) is 23.4 Å². The molecule has 2 aromatic heterocycles. The number of imidazole rings is 1. The van der Waals surface area contributed by atoms with Gasteiger partial charge >= 0.3 is 0 Å². The molecule has 1 aromatic carbocycles. The van der Waals surface area contributed by atoms with Crippen molar-refractivity contribution in [3.8, 4) is 0 Å². The number of hydrogen-bond acceptors (Lipinski definition) is 5. The Morgan fingerprint density at radius 3 is 2.86 bits per heavy atom. The van der Waals surface area contributed by atoms with Gasteiger partial charge in [-0.1, -0.05) is 30.3 Å². The zero-order valence-electron chi connectivity index (χ0n) is 11.4. The fourth-order valence-corrected chi connectivity index (χ4v) is 2.95. The molecule has 1 unspecified atom stereocenters. The molecule has 6 heteroatoms. The third-order valence-electron chi connectivity index (χ3n) is 4.06. The number of aliphatic hydroxyl groups is 1. The van der Waals surface area contributed by atoms with E-state index in [4.69, 9.17) is 0 Å². The number of nitrogens with zero attached hydrogens (tertiary/aromatic N) is 4. The molecule has 21 heavy (non-hydrogen) atoms. The molecule has 0 aliphatic carbocycles. The van der Waals surface area contributed by atoms with Gasteiger partial charge in [0, 0.05) is 6.54 Å². The summed E-state index contributed by atoms with van der Waals surface area (Å²) >= 11 is 0. The fourth-order valence-electron chi connectivity index (χ4n) is 2.95. The van der Waals surface area contributed by atoms with Crippen molar-refractivity contribution in [1.29, 1.82) is 0 Å². The average Bonchev–Trinajstić information content (AvgIpc) is 3.15. The highest BCUT2D eigenvalue weighted by Crippen LogP contribution is 2.35. The molecule has 1 atom stereocenters. The molecule has 6 nitrogen and oxygen atoms in total. The summed E-state index contributed by atoms with van der Waals surface area (Å²) in [6, 6.07) is 9.80. The van der Waals surface area contributed by atoms with Crippen molar-refractivity contribution in [2.24, 2.45) is 0 Å². The molecule has 0 amide bonds. The second-order valence-electron chi connectivity index (χ2n) is 5.37. The minimum Gasteiger partial charge on any atom is -0.383 e. The topological polar surface area (TPSA) is 77.9 Å². The SMILES string of the molecule is OC1(c2ccccc2)CCN(c2ncnc3nc[nH]c23)C1. The summed E-state index contributed by atoms with van der Waals surface area (Å²) in [6.07, 6.45) is 3.80. The Morgan fingerprint density at radius 1 is 1.14 bits per heavy atom. The number of nitrogens with one attached hydrogen (secondary N) is 1. The summed E-state index contributed by atoms with van der Waals surface area (Å²) in [6.45, 7) is 1.26. The van der Waals surface area contributed by atoms with Gasteiger partial charge in [-0.15, -0.1) is 0 Å². The third-order valence-corrected chi connectivity index (χ3v) is 4.06. The molecule has 106 valence electrons. The summed E-state index contributed by atoms with van der Waals surface area (Å²) in [7, 11) is 0. The summed E-state index contributed by atoms with van der Waals surface area (Å²) in [5.41, 5.74) is 1.57. The highest BCUT2D eigenvalue weighted by atomic mass is 16.3. The van der Waals surface area contributed by atoms with Gasteiger partial charge in [0.15, 0.2) is 11.5 Å². The maximum atomic E-state index is 10.9. The van der Waals surface area contributed by atoms with Crippen molar-refractivity contribution in [2.75, 3.05) is 18.0 Å². The van der Waals surface area contributed by atoms with Gasteiger partial charge in [0.2, 0.25) is 0 Å². The first-order chi connectivity index (χ1) is 10.3. The highest BCUT2D eigenvalue weighted by molar-refractivity contribution is 5.82. The van der Waals surface area contributed by atoms with Crippen molar-refractivity contribution in [1.82, 2.24) is 19.9 Å². The van der Waals surface area contributed by atoms with Crippen LogP contribution in [0.3, 0.4) is 0 Å². The van der Waals surface area contributed by atoms with Crippen molar-refractivity contribution < 1.29 is 5.11 Å². The quantitative estimate of drug-likeness (QED) is 0.743. The van der Waals surface area contributed by atoms with E-state index in [1.807, 2.05) is 30.3 Å². The normalized spacial score (nSPS) is 22.0. The predicted molar refractivity (Wildman–Crippen MR) is 78.9 cm³/mol. The van der Waals surface area contributed by atoms with Crippen LogP contribution >= 0.6 is 0 Å². The molecule has 0 radical (unpaired) electrons. The molecular formula is C15H15N5O. The van der Waals surface area contributed by atoms with Crippen LogP contribution in [0.15, 0.2) is 43.0 Å². The van der Waals surface area contributed by atoms with Gasteiger partial charge in [-0.25, -0.2) is 15.0 Å². The first-order valence-corrected chi connectivity index (χ1v) is 6.93. The minimum atomic E-state index is -0.835. The molecule has 1 aliphatic heterocycles. The lowest BCUT2D eigenvalue weighted by Crippen LogP contribution is -2.31. The van der Waals surface area contributed by atoms with Crippen molar-refractivity contribution in [2.45, 2.75) is 12.0 Å². The smallest absolute Gasteiger partial charge is 0.182 e. The van der Waals surface area contributed by atoms with Gasteiger partial charge in [0.1, 0.15) is 17.4 Å². The van der Waals surface area contributed by atoms with Crippen LogP contribution in [0.4, 0.5) is 5.82 Å². The Bertz CT molecular complexity index is 772. The number of hydrogen-bond donors (Lipinski definition) is 2. The van der Waals surface area contributed by atoms with E-state index in [9.17, 15) is 5.11 Å². The number of fused-ring (bicyclic) bond motifs is 1. The second-order valence-corrected chi connectivity index (χ2v) is 5.37. The number of benzene rings is 1. The number of aromatic amines is 1. The third kappa shape index (κ3) is 1.95. The van der Waals surface area contributed by atoms with E-state index in [-0.39, 0.29) is 0 Å². The Hall–Kier alpha value is -2.47. The monoisotopic (exact) mass is 281 g/mol. The molecule has 1 saturated heterocycles. The van der Waals surface area contributed by atoms with E-state index in [2.05, 4.69) is 24.8 Å².